The van der Waals surface area contributed by atoms with Crippen molar-refractivity contribution in [3.8, 4) is 0 Å². The summed E-state index contributed by atoms with van der Waals surface area (Å²) in [4.78, 5) is 2.05. The van der Waals surface area contributed by atoms with Crippen LogP contribution < -0.4 is 10.6 Å². The summed E-state index contributed by atoms with van der Waals surface area (Å²) >= 11 is 0. The minimum atomic E-state index is -0.220. The van der Waals surface area contributed by atoms with E-state index in [-0.39, 0.29) is 12.1 Å². The molecule has 1 aromatic heterocycles. The minimum absolute atomic E-state index is 0.188. The highest BCUT2D eigenvalue weighted by molar-refractivity contribution is 5.24. The van der Waals surface area contributed by atoms with Crippen LogP contribution in [0.5, 0.6) is 0 Å². The summed E-state index contributed by atoms with van der Waals surface area (Å²) in [6.07, 6.45) is 1.16. The fourth-order valence-corrected chi connectivity index (χ4v) is 1.71. The van der Waals surface area contributed by atoms with E-state index in [0.29, 0.717) is 11.9 Å². The molecule has 0 aromatic carbocycles. The fraction of sp³-hybridized carbons (Fsp3) is 0.800. The summed E-state index contributed by atoms with van der Waals surface area (Å²) in [6, 6.07) is 0.326. The molecule has 90 valence electrons. The predicted octanol–water partition coefficient (Wildman–Crippen LogP) is 0.705. The molecule has 2 N–H and O–H groups in total. The van der Waals surface area contributed by atoms with Crippen molar-refractivity contribution in [1.82, 2.24) is 10.2 Å². The molecule has 2 heterocycles. The lowest BCUT2D eigenvalue weighted by Gasteiger charge is -2.19. The third kappa shape index (κ3) is 2.51. The molecule has 16 heavy (non-hydrogen) atoms. The van der Waals surface area contributed by atoms with Gasteiger partial charge in [0, 0.05) is 19.7 Å². The van der Waals surface area contributed by atoms with Crippen LogP contribution in [0.1, 0.15) is 32.2 Å². The van der Waals surface area contributed by atoms with E-state index in [9.17, 15) is 0 Å². The van der Waals surface area contributed by atoms with Crippen molar-refractivity contribution in [2.45, 2.75) is 32.4 Å². The topological polar surface area (TPSA) is 77.4 Å². The van der Waals surface area contributed by atoms with Crippen LogP contribution in [-0.4, -0.2) is 36.0 Å². The number of nitrogens with two attached hydrogens (primary N) is 1. The third-order valence-electron chi connectivity index (χ3n) is 2.54. The quantitative estimate of drug-likeness (QED) is 0.800. The van der Waals surface area contributed by atoms with Crippen LogP contribution in [0.3, 0.4) is 0 Å². The number of rotatable bonds is 2. The van der Waals surface area contributed by atoms with E-state index in [4.69, 9.17) is 14.9 Å². The summed E-state index contributed by atoms with van der Waals surface area (Å²) in [6.45, 7) is 6.31. The third-order valence-corrected chi connectivity index (χ3v) is 2.54. The van der Waals surface area contributed by atoms with E-state index in [0.717, 1.165) is 26.1 Å². The van der Waals surface area contributed by atoms with Crippen LogP contribution in [0.25, 0.3) is 0 Å². The lowest BCUT2D eigenvalue weighted by atomic mass is 10.3. The van der Waals surface area contributed by atoms with Gasteiger partial charge in [0.1, 0.15) is 0 Å². The Morgan fingerprint density at radius 3 is 3.00 bits per heavy atom. The largest absolute Gasteiger partial charge is 0.406 e. The molecule has 2 unspecified atom stereocenters. The molecule has 1 fully saturated rings. The van der Waals surface area contributed by atoms with Crippen molar-refractivity contribution >= 4 is 6.01 Å². The maximum Gasteiger partial charge on any atom is 0.318 e. The summed E-state index contributed by atoms with van der Waals surface area (Å²) in [7, 11) is 0. The van der Waals surface area contributed by atoms with Crippen LogP contribution in [-0.2, 0) is 4.74 Å². The Balaban J connectivity index is 2.09. The van der Waals surface area contributed by atoms with Gasteiger partial charge in [-0.05, 0) is 20.3 Å². The van der Waals surface area contributed by atoms with Crippen molar-refractivity contribution in [2.75, 3.05) is 24.6 Å². The first-order chi connectivity index (χ1) is 7.66. The average molecular weight is 226 g/mol. The summed E-state index contributed by atoms with van der Waals surface area (Å²) in [5.41, 5.74) is 5.68. The molecule has 2 atom stereocenters. The zero-order valence-electron chi connectivity index (χ0n) is 9.72. The monoisotopic (exact) mass is 226 g/mol. The Kier molecular flexibility index (Phi) is 3.40. The summed E-state index contributed by atoms with van der Waals surface area (Å²) in [5.74, 6) is 0.479. The van der Waals surface area contributed by atoms with Crippen LogP contribution in [0.4, 0.5) is 6.01 Å². The molecule has 1 aliphatic heterocycles. The van der Waals surface area contributed by atoms with E-state index >= 15 is 0 Å². The van der Waals surface area contributed by atoms with Crippen molar-refractivity contribution in [2.24, 2.45) is 5.73 Å². The van der Waals surface area contributed by atoms with Gasteiger partial charge >= 0.3 is 6.01 Å². The van der Waals surface area contributed by atoms with Gasteiger partial charge in [-0.15, -0.1) is 5.10 Å². The molecule has 1 aromatic rings. The lowest BCUT2D eigenvalue weighted by Crippen LogP contribution is -2.30. The highest BCUT2D eigenvalue weighted by Gasteiger charge is 2.20. The first-order valence-corrected chi connectivity index (χ1v) is 5.62. The van der Waals surface area contributed by atoms with Gasteiger partial charge in [-0.3, -0.25) is 0 Å². The van der Waals surface area contributed by atoms with Crippen molar-refractivity contribution in [3.63, 3.8) is 0 Å². The molecule has 0 spiro atoms. The Bertz CT molecular complexity index is 339. The first kappa shape index (κ1) is 11.3. The van der Waals surface area contributed by atoms with E-state index < -0.39 is 0 Å². The smallest absolute Gasteiger partial charge is 0.318 e. The van der Waals surface area contributed by atoms with Gasteiger partial charge in [-0.2, -0.15) is 0 Å². The second-order valence-corrected chi connectivity index (χ2v) is 4.19. The summed E-state index contributed by atoms with van der Waals surface area (Å²) in [5, 5.41) is 7.93. The molecule has 0 radical (unpaired) electrons. The highest BCUT2D eigenvalue weighted by atomic mass is 16.5. The molecule has 1 aliphatic rings. The molecular formula is C10H18N4O2. The van der Waals surface area contributed by atoms with E-state index in [1.165, 1.54) is 0 Å². The molecule has 6 heteroatoms. The number of hydrogen-bond donors (Lipinski definition) is 1. The minimum Gasteiger partial charge on any atom is -0.406 e. The van der Waals surface area contributed by atoms with Crippen molar-refractivity contribution < 1.29 is 9.15 Å². The van der Waals surface area contributed by atoms with E-state index in [2.05, 4.69) is 15.1 Å². The molecule has 0 amide bonds. The number of anilines is 1. The maximum atomic E-state index is 5.68. The van der Waals surface area contributed by atoms with Gasteiger partial charge in [0.15, 0.2) is 0 Å². The van der Waals surface area contributed by atoms with Crippen LogP contribution in [0, 0.1) is 0 Å². The van der Waals surface area contributed by atoms with Crippen LogP contribution in [0.15, 0.2) is 4.42 Å². The van der Waals surface area contributed by atoms with Gasteiger partial charge in [0.05, 0.1) is 12.1 Å². The number of ether oxygens (including phenoxy) is 1. The summed E-state index contributed by atoms with van der Waals surface area (Å²) < 4.78 is 11.1. The van der Waals surface area contributed by atoms with Crippen molar-refractivity contribution in [3.05, 3.63) is 5.89 Å². The number of hydrogen-bond acceptors (Lipinski definition) is 6. The number of aromatic nitrogens is 2. The van der Waals surface area contributed by atoms with Gasteiger partial charge in [-0.1, -0.05) is 5.10 Å². The highest BCUT2D eigenvalue weighted by Crippen LogP contribution is 2.18. The Morgan fingerprint density at radius 1 is 1.50 bits per heavy atom. The molecule has 2 rings (SSSR count). The van der Waals surface area contributed by atoms with Gasteiger partial charge in [0.2, 0.25) is 5.89 Å². The molecule has 0 bridgehead atoms. The number of nitrogens with zero attached hydrogens (tertiary/aromatic N) is 3. The zero-order chi connectivity index (χ0) is 11.5. The van der Waals surface area contributed by atoms with Gasteiger partial charge < -0.3 is 19.8 Å². The normalized spacial score (nSPS) is 24.2. The average Bonchev–Trinajstić information content (AvgIpc) is 2.63. The first-order valence-electron chi connectivity index (χ1n) is 5.62. The molecule has 1 saturated heterocycles. The molecule has 6 nitrogen and oxygen atoms in total. The van der Waals surface area contributed by atoms with Crippen LogP contribution in [0.2, 0.25) is 0 Å². The Morgan fingerprint density at radius 2 is 2.31 bits per heavy atom. The maximum absolute atomic E-state index is 5.68. The fourth-order valence-electron chi connectivity index (χ4n) is 1.71. The second-order valence-electron chi connectivity index (χ2n) is 4.19. The standard InChI is InChI=1S/C10H18N4O2/c1-7-6-14(4-3-5-15-7)10-13-12-9(16-10)8(2)11/h7-8H,3-6,11H2,1-2H3. The SMILES string of the molecule is CC1CN(c2nnc(C(C)N)o2)CCCO1. The van der Waals surface area contributed by atoms with Crippen LogP contribution >= 0.6 is 0 Å². The van der Waals surface area contributed by atoms with E-state index in [1.807, 2.05) is 13.8 Å². The Labute approximate surface area is 94.8 Å². The molecule has 0 aliphatic carbocycles. The second kappa shape index (κ2) is 4.80. The molecule has 0 saturated carbocycles. The van der Waals surface area contributed by atoms with Crippen molar-refractivity contribution in [1.29, 1.82) is 0 Å². The zero-order valence-corrected chi connectivity index (χ0v) is 9.72. The van der Waals surface area contributed by atoms with Gasteiger partial charge in [0.25, 0.3) is 0 Å². The lowest BCUT2D eigenvalue weighted by molar-refractivity contribution is 0.0818. The van der Waals surface area contributed by atoms with E-state index in [1.54, 1.807) is 0 Å². The Hall–Kier alpha value is -1.14. The molecular weight excluding hydrogens is 208 g/mol. The predicted molar refractivity (Wildman–Crippen MR) is 59.1 cm³/mol. The van der Waals surface area contributed by atoms with Gasteiger partial charge in [-0.25, -0.2) is 0 Å².